The van der Waals surface area contributed by atoms with Crippen molar-refractivity contribution in [1.82, 2.24) is 5.43 Å². The standard InChI is InChI=1S/C29H28N2O6/c1-4-8-22-11-14-24(26(17-22)34-2)36-20-28(32)31-30-19-23-12-15-25(27(18-23)35-3)37-29(33)16-13-21-9-6-5-7-10-21/h4-7,9-19H,1,8,20H2,2-3H3,(H,31,32)/b16-13+,30-19+. The van der Waals surface area contributed by atoms with E-state index in [4.69, 9.17) is 18.9 Å². The fourth-order valence-corrected chi connectivity index (χ4v) is 3.20. The van der Waals surface area contributed by atoms with Crippen molar-refractivity contribution in [3.05, 3.63) is 102 Å². The van der Waals surface area contributed by atoms with Crippen molar-refractivity contribution in [3.8, 4) is 23.0 Å². The van der Waals surface area contributed by atoms with Crippen molar-refractivity contribution in [1.29, 1.82) is 0 Å². The Morgan fingerprint density at radius 1 is 0.892 bits per heavy atom. The molecule has 0 fully saturated rings. The molecule has 1 N–H and O–H groups in total. The predicted molar refractivity (Wildman–Crippen MR) is 142 cm³/mol. The molecule has 3 rings (SSSR count). The van der Waals surface area contributed by atoms with Crippen LogP contribution in [0.15, 0.2) is 90.6 Å². The second-order valence-corrected chi connectivity index (χ2v) is 7.64. The van der Waals surface area contributed by atoms with Crippen LogP contribution in [0, 0.1) is 0 Å². The first-order valence-corrected chi connectivity index (χ1v) is 11.4. The summed E-state index contributed by atoms with van der Waals surface area (Å²) >= 11 is 0. The topological polar surface area (TPSA) is 95.5 Å². The lowest BCUT2D eigenvalue weighted by Gasteiger charge is -2.11. The quantitative estimate of drug-likeness (QED) is 0.0977. The van der Waals surface area contributed by atoms with Gasteiger partial charge < -0.3 is 18.9 Å². The number of ether oxygens (including phenoxy) is 4. The van der Waals surface area contributed by atoms with Gasteiger partial charge in [0.2, 0.25) is 0 Å². The zero-order chi connectivity index (χ0) is 26.5. The van der Waals surface area contributed by atoms with Crippen molar-refractivity contribution in [3.63, 3.8) is 0 Å². The maximum absolute atomic E-state index is 12.2. The summed E-state index contributed by atoms with van der Waals surface area (Å²) < 4.78 is 21.6. The van der Waals surface area contributed by atoms with Crippen LogP contribution in [0.5, 0.6) is 23.0 Å². The molecule has 0 heterocycles. The zero-order valence-electron chi connectivity index (χ0n) is 20.7. The molecule has 0 aliphatic rings. The smallest absolute Gasteiger partial charge is 0.336 e. The van der Waals surface area contributed by atoms with Crippen LogP contribution in [0.1, 0.15) is 16.7 Å². The molecule has 0 aliphatic carbocycles. The summed E-state index contributed by atoms with van der Waals surface area (Å²) in [5.41, 5.74) is 4.93. The van der Waals surface area contributed by atoms with E-state index < -0.39 is 11.9 Å². The van der Waals surface area contributed by atoms with Crippen LogP contribution in [0.2, 0.25) is 0 Å². The Balaban J connectivity index is 1.53. The zero-order valence-corrected chi connectivity index (χ0v) is 20.7. The van der Waals surface area contributed by atoms with Crippen molar-refractivity contribution in [2.75, 3.05) is 20.8 Å². The number of carbonyl (C=O) groups is 2. The monoisotopic (exact) mass is 500 g/mol. The first-order chi connectivity index (χ1) is 18.0. The van der Waals surface area contributed by atoms with E-state index in [-0.39, 0.29) is 12.4 Å². The van der Waals surface area contributed by atoms with E-state index in [0.29, 0.717) is 29.2 Å². The van der Waals surface area contributed by atoms with Gasteiger partial charge in [-0.15, -0.1) is 6.58 Å². The lowest BCUT2D eigenvalue weighted by molar-refractivity contribution is -0.129. The van der Waals surface area contributed by atoms with Gasteiger partial charge in [0.25, 0.3) is 5.91 Å². The molecule has 0 spiro atoms. The number of esters is 1. The van der Waals surface area contributed by atoms with Gasteiger partial charge in [0, 0.05) is 6.08 Å². The highest BCUT2D eigenvalue weighted by atomic mass is 16.6. The van der Waals surface area contributed by atoms with Gasteiger partial charge in [0.05, 0.1) is 20.4 Å². The number of hydrogen-bond donors (Lipinski definition) is 1. The van der Waals surface area contributed by atoms with Gasteiger partial charge in [-0.2, -0.15) is 5.10 Å². The molecular weight excluding hydrogens is 472 g/mol. The van der Waals surface area contributed by atoms with E-state index in [9.17, 15) is 9.59 Å². The van der Waals surface area contributed by atoms with Crippen LogP contribution < -0.4 is 24.4 Å². The molecule has 0 aromatic heterocycles. The minimum absolute atomic E-state index is 0.247. The molecule has 8 nitrogen and oxygen atoms in total. The van der Waals surface area contributed by atoms with Crippen LogP contribution in [-0.2, 0) is 16.0 Å². The Hall–Kier alpha value is -4.85. The molecule has 0 unspecified atom stereocenters. The summed E-state index contributed by atoms with van der Waals surface area (Å²) in [5.74, 6) is 0.584. The van der Waals surface area contributed by atoms with E-state index in [1.807, 2.05) is 42.5 Å². The number of nitrogens with zero attached hydrogens (tertiary/aromatic N) is 1. The number of carbonyl (C=O) groups excluding carboxylic acids is 2. The minimum atomic E-state index is -0.539. The molecule has 0 atom stereocenters. The Morgan fingerprint density at radius 3 is 2.35 bits per heavy atom. The van der Waals surface area contributed by atoms with Crippen molar-refractivity contribution in [2.45, 2.75) is 6.42 Å². The van der Waals surface area contributed by atoms with Crippen LogP contribution in [0.4, 0.5) is 0 Å². The fourth-order valence-electron chi connectivity index (χ4n) is 3.20. The molecular formula is C29H28N2O6. The van der Waals surface area contributed by atoms with Gasteiger partial charge in [-0.3, -0.25) is 4.79 Å². The normalized spacial score (nSPS) is 10.8. The highest BCUT2D eigenvalue weighted by molar-refractivity contribution is 5.89. The van der Waals surface area contributed by atoms with Gasteiger partial charge in [0.1, 0.15) is 0 Å². The van der Waals surface area contributed by atoms with Gasteiger partial charge in [-0.05, 0) is 59.5 Å². The van der Waals surface area contributed by atoms with Gasteiger partial charge in [-0.1, -0.05) is 42.5 Å². The van der Waals surface area contributed by atoms with E-state index in [1.54, 1.807) is 36.4 Å². The second kappa shape index (κ2) is 13.9. The molecule has 190 valence electrons. The summed E-state index contributed by atoms with van der Waals surface area (Å²) in [6.45, 7) is 3.47. The maximum Gasteiger partial charge on any atom is 0.336 e. The number of benzene rings is 3. The third kappa shape index (κ3) is 8.40. The highest BCUT2D eigenvalue weighted by Gasteiger charge is 2.10. The molecule has 0 bridgehead atoms. The number of rotatable bonds is 12. The average Bonchev–Trinajstić information content (AvgIpc) is 2.92. The maximum atomic E-state index is 12.2. The summed E-state index contributed by atoms with van der Waals surface area (Å²) in [5, 5.41) is 3.94. The largest absolute Gasteiger partial charge is 0.493 e. The van der Waals surface area contributed by atoms with Crippen molar-refractivity contribution in [2.24, 2.45) is 5.10 Å². The SMILES string of the molecule is C=CCc1ccc(OCC(=O)N/N=C/c2ccc(OC(=O)/C=C/c3ccccc3)c(OC)c2)c(OC)c1. The van der Waals surface area contributed by atoms with Crippen LogP contribution in [0.25, 0.3) is 6.08 Å². The molecule has 37 heavy (non-hydrogen) atoms. The average molecular weight is 501 g/mol. The lowest BCUT2D eigenvalue weighted by Crippen LogP contribution is -2.24. The number of amides is 1. The fraction of sp³-hybridized carbons (Fsp3) is 0.138. The molecule has 3 aromatic carbocycles. The summed E-state index contributed by atoms with van der Waals surface area (Å²) in [7, 11) is 3.00. The van der Waals surface area contributed by atoms with Gasteiger partial charge in [-0.25, -0.2) is 10.2 Å². The molecule has 0 aliphatic heterocycles. The van der Waals surface area contributed by atoms with Crippen LogP contribution in [0.3, 0.4) is 0 Å². The number of hydrazone groups is 1. The molecule has 3 aromatic rings. The van der Waals surface area contributed by atoms with Gasteiger partial charge in [0.15, 0.2) is 29.6 Å². The lowest BCUT2D eigenvalue weighted by atomic mass is 10.1. The predicted octanol–water partition coefficient (Wildman–Crippen LogP) is 4.58. The number of hydrogen-bond acceptors (Lipinski definition) is 7. The number of allylic oxidation sites excluding steroid dienone is 1. The Morgan fingerprint density at radius 2 is 1.62 bits per heavy atom. The molecule has 0 saturated heterocycles. The van der Waals surface area contributed by atoms with Crippen LogP contribution in [-0.4, -0.2) is 38.9 Å². The Kier molecular flexibility index (Phi) is 10.0. The van der Waals surface area contributed by atoms with E-state index in [1.165, 1.54) is 26.5 Å². The third-order valence-electron chi connectivity index (χ3n) is 4.98. The molecule has 0 radical (unpaired) electrons. The highest BCUT2D eigenvalue weighted by Crippen LogP contribution is 2.29. The second-order valence-electron chi connectivity index (χ2n) is 7.64. The Bertz CT molecular complexity index is 1280. The van der Waals surface area contributed by atoms with Crippen LogP contribution >= 0.6 is 0 Å². The number of methoxy groups -OCH3 is 2. The minimum Gasteiger partial charge on any atom is -0.493 e. The van der Waals surface area contributed by atoms with Crippen molar-refractivity contribution < 1.29 is 28.5 Å². The molecule has 1 amide bonds. The summed E-state index contributed by atoms with van der Waals surface area (Å²) in [6, 6.07) is 19.8. The van der Waals surface area contributed by atoms with Crippen molar-refractivity contribution >= 4 is 24.2 Å². The third-order valence-corrected chi connectivity index (χ3v) is 4.98. The first-order valence-electron chi connectivity index (χ1n) is 11.4. The number of nitrogens with one attached hydrogen (secondary N) is 1. The molecule has 0 saturated carbocycles. The Labute approximate surface area is 215 Å². The first kappa shape index (κ1) is 26.7. The summed E-state index contributed by atoms with van der Waals surface area (Å²) in [4.78, 5) is 24.3. The molecule has 8 heteroatoms. The van der Waals surface area contributed by atoms with Gasteiger partial charge >= 0.3 is 5.97 Å². The van der Waals surface area contributed by atoms with E-state index in [0.717, 1.165) is 11.1 Å². The summed E-state index contributed by atoms with van der Waals surface area (Å²) in [6.07, 6.45) is 6.93. The van der Waals surface area contributed by atoms with E-state index >= 15 is 0 Å². The van der Waals surface area contributed by atoms with E-state index in [2.05, 4.69) is 17.1 Å².